The van der Waals surface area contributed by atoms with Crippen molar-refractivity contribution in [1.82, 2.24) is 10.6 Å². The van der Waals surface area contributed by atoms with Crippen LogP contribution in [-0.4, -0.2) is 30.3 Å². The monoisotopic (exact) mass is 330 g/mol. The number of rotatable bonds is 5. The molecule has 8 heteroatoms. The van der Waals surface area contributed by atoms with Crippen LogP contribution in [0.2, 0.25) is 0 Å². The molecule has 0 heterocycles. The standard InChI is InChI=1S/C15H17F3N2O3/c1-2-23-12(21)14(8-9-14)20-13(22)19-11(15(16,17)18)10-6-4-3-5-7-10/h3-7,11H,2,8-9H2,1H3,(H2,19,20,22)/t11-/m0/s1. The van der Waals surface area contributed by atoms with E-state index in [0.29, 0.717) is 12.8 Å². The molecule has 0 aliphatic heterocycles. The number of esters is 1. The summed E-state index contributed by atoms with van der Waals surface area (Å²) in [4.78, 5) is 23.6. The molecule has 1 aromatic rings. The Balaban J connectivity index is 2.06. The summed E-state index contributed by atoms with van der Waals surface area (Å²) < 4.78 is 44.3. The van der Waals surface area contributed by atoms with Crippen molar-refractivity contribution < 1.29 is 27.5 Å². The second kappa shape index (κ2) is 6.47. The summed E-state index contributed by atoms with van der Waals surface area (Å²) in [6, 6.07) is 3.83. The maximum atomic E-state index is 13.2. The number of carbonyl (C=O) groups excluding carboxylic acids is 2. The van der Waals surface area contributed by atoms with Crippen LogP contribution >= 0.6 is 0 Å². The molecule has 0 unspecified atom stereocenters. The van der Waals surface area contributed by atoms with E-state index in [4.69, 9.17) is 4.74 Å². The van der Waals surface area contributed by atoms with Crippen LogP contribution in [0.25, 0.3) is 0 Å². The number of benzene rings is 1. The highest BCUT2D eigenvalue weighted by atomic mass is 19.4. The van der Waals surface area contributed by atoms with Crippen molar-refractivity contribution >= 4 is 12.0 Å². The summed E-state index contributed by atoms with van der Waals surface area (Å²) in [7, 11) is 0. The lowest BCUT2D eigenvalue weighted by Gasteiger charge is -2.24. The fraction of sp³-hybridized carbons (Fsp3) is 0.467. The molecule has 1 saturated carbocycles. The van der Waals surface area contributed by atoms with Gasteiger partial charge in [0, 0.05) is 0 Å². The Morgan fingerprint density at radius 1 is 1.26 bits per heavy atom. The second-order valence-corrected chi connectivity index (χ2v) is 5.29. The Morgan fingerprint density at radius 2 is 1.87 bits per heavy atom. The smallest absolute Gasteiger partial charge is 0.412 e. The Morgan fingerprint density at radius 3 is 2.35 bits per heavy atom. The van der Waals surface area contributed by atoms with Gasteiger partial charge in [-0.15, -0.1) is 0 Å². The van der Waals surface area contributed by atoms with Crippen LogP contribution in [0.15, 0.2) is 30.3 Å². The third-order valence-corrected chi connectivity index (χ3v) is 3.50. The average Bonchev–Trinajstić information content (AvgIpc) is 3.25. The predicted octanol–water partition coefficient (Wildman–Crippen LogP) is 2.68. The van der Waals surface area contributed by atoms with Gasteiger partial charge in [-0.05, 0) is 25.3 Å². The molecule has 0 radical (unpaired) electrons. The molecule has 0 spiro atoms. The van der Waals surface area contributed by atoms with Gasteiger partial charge < -0.3 is 15.4 Å². The molecule has 0 bridgehead atoms. The first-order valence-electron chi connectivity index (χ1n) is 7.16. The van der Waals surface area contributed by atoms with Crippen LogP contribution in [0.5, 0.6) is 0 Å². The summed E-state index contributed by atoms with van der Waals surface area (Å²) in [5, 5.41) is 4.18. The Hall–Kier alpha value is -2.25. The van der Waals surface area contributed by atoms with Crippen molar-refractivity contribution in [3.63, 3.8) is 0 Å². The molecule has 1 aliphatic rings. The first kappa shape index (κ1) is 17.1. The van der Waals surface area contributed by atoms with E-state index < -0.39 is 29.8 Å². The lowest BCUT2D eigenvalue weighted by atomic mass is 10.1. The number of ether oxygens (including phenoxy) is 1. The summed E-state index contributed by atoms with van der Waals surface area (Å²) in [6.07, 6.45) is -3.96. The van der Waals surface area contributed by atoms with Gasteiger partial charge in [0.2, 0.25) is 0 Å². The van der Waals surface area contributed by atoms with Gasteiger partial charge >= 0.3 is 18.2 Å². The summed E-state index contributed by atoms with van der Waals surface area (Å²) in [6.45, 7) is 1.75. The lowest BCUT2D eigenvalue weighted by molar-refractivity contribution is -0.155. The van der Waals surface area contributed by atoms with Crippen LogP contribution in [0.4, 0.5) is 18.0 Å². The summed E-state index contributed by atoms with van der Waals surface area (Å²) in [5.41, 5.74) is -1.29. The molecular formula is C15H17F3N2O3. The average molecular weight is 330 g/mol. The van der Waals surface area contributed by atoms with E-state index in [2.05, 4.69) is 5.32 Å². The Kier molecular flexibility index (Phi) is 4.82. The van der Waals surface area contributed by atoms with Gasteiger partial charge in [0.1, 0.15) is 5.54 Å². The van der Waals surface area contributed by atoms with Crippen LogP contribution in [-0.2, 0) is 9.53 Å². The zero-order valence-electron chi connectivity index (χ0n) is 12.4. The van der Waals surface area contributed by atoms with Crippen LogP contribution in [0.3, 0.4) is 0 Å². The van der Waals surface area contributed by atoms with Crippen molar-refractivity contribution in [2.24, 2.45) is 0 Å². The minimum atomic E-state index is -4.65. The topological polar surface area (TPSA) is 67.4 Å². The van der Waals surface area contributed by atoms with Gasteiger partial charge in [-0.25, -0.2) is 9.59 Å². The maximum Gasteiger partial charge on any atom is 0.412 e. The first-order valence-corrected chi connectivity index (χ1v) is 7.16. The van der Waals surface area contributed by atoms with E-state index >= 15 is 0 Å². The van der Waals surface area contributed by atoms with E-state index in [1.54, 1.807) is 13.0 Å². The minimum Gasteiger partial charge on any atom is -0.464 e. The molecule has 5 nitrogen and oxygen atoms in total. The highest BCUT2D eigenvalue weighted by molar-refractivity contribution is 5.90. The van der Waals surface area contributed by atoms with Crippen molar-refractivity contribution in [1.29, 1.82) is 0 Å². The van der Waals surface area contributed by atoms with Crippen molar-refractivity contribution in [2.45, 2.75) is 37.5 Å². The zero-order valence-corrected chi connectivity index (χ0v) is 12.4. The van der Waals surface area contributed by atoms with E-state index in [9.17, 15) is 22.8 Å². The summed E-state index contributed by atoms with van der Waals surface area (Å²) in [5.74, 6) is -0.626. The predicted molar refractivity (Wildman–Crippen MR) is 75.5 cm³/mol. The van der Waals surface area contributed by atoms with Gasteiger partial charge in [0.15, 0.2) is 6.04 Å². The number of nitrogens with one attached hydrogen (secondary N) is 2. The summed E-state index contributed by atoms with van der Waals surface area (Å²) >= 11 is 0. The van der Waals surface area contributed by atoms with Gasteiger partial charge in [0.05, 0.1) is 6.61 Å². The molecule has 126 valence electrons. The highest BCUT2D eigenvalue weighted by Crippen LogP contribution is 2.37. The SMILES string of the molecule is CCOC(=O)C1(NC(=O)N[C@@H](c2ccccc2)C(F)(F)F)CC1. The molecule has 2 amide bonds. The molecule has 1 aliphatic carbocycles. The molecule has 0 saturated heterocycles. The largest absolute Gasteiger partial charge is 0.464 e. The van der Waals surface area contributed by atoms with Crippen LogP contribution < -0.4 is 10.6 Å². The number of carbonyl (C=O) groups is 2. The van der Waals surface area contributed by atoms with Crippen molar-refractivity contribution in [2.75, 3.05) is 6.61 Å². The second-order valence-electron chi connectivity index (χ2n) is 5.29. The van der Waals surface area contributed by atoms with E-state index in [1.807, 2.05) is 5.32 Å². The van der Waals surface area contributed by atoms with E-state index in [0.717, 1.165) is 0 Å². The molecule has 2 rings (SSSR count). The molecule has 1 aromatic carbocycles. The number of alkyl halides is 3. The molecular weight excluding hydrogens is 313 g/mol. The van der Waals surface area contributed by atoms with Gasteiger partial charge in [-0.3, -0.25) is 0 Å². The third kappa shape index (κ3) is 4.14. The number of halogens is 3. The van der Waals surface area contributed by atoms with E-state index in [-0.39, 0.29) is 12.2 Å². The fourth-order valence-corrected chi connectivity index (χ4v) is 2.16. The number of urea groups is 1. The van der Waals surface area contributed by atoms with Crippen LogP contribution in [0, 0.1) is 0 Å². The van der Waals surface area contributed by atoms with Crippen LogP contribution in [0.1, 0.15) is 31.4 Å². The van der Waals surface area contributed by atoms with Crippen molar-refractivity contribution in [3.8, 4) is 0 Å². The fourth-order valence-electron chi connectivity index (χ4n) is 2.16. The minimum absolute atomic E-state index is 0.0869. The van der Waals surface area contributed by atoms with Crippen molar-refractivity contribution in [3.05, 3.63) is 35.9 Å². The van der Waals surface area contributed by atoms with Gasteiger partial charge in [-0.1, -0.05) is 30.3 Å². The number of hydrogen-bond acceptors (Lipinski definition) is 3. The van der Waals surface area contributed by atoms with E-state index in [1.165, 1.54) is 24.3 Å². The Labute approximate surface area is 131 Å². The highest BCUT2D eigenvalue weighted by Gasteiger charge is 2.53. The number of hydrogen-bond donors (Lipinski definition) is 2. The normalized spacial score (nSPS) is 17.0. The van der Waals surface area contributed by atoms with Gasteiger partial charge in [0.25, 0.3) is 0 Å². The van der Waals surface area contributed by atoms with Gasteiger partial charge in [-0.2, -0.15) is 13.2 Å². The lowest BCUT2D eigenvalue weighted by Crippen LogP contribution is -2.51. The maximum absolute atomic E-state index is 13.2. The first-order chi connectivity index (χ1) is 10.8. The third-order valence-electron chi connectivity index (χ3n) is 3.50. The zero-order chi connectivity index (χ0) is 17.1. The molecule has 0 aromatic heterocycles. The molecule has 1 fully saturated rings. The Bertz CT molecular complexity index is 571. The molecule has 2 N–H and O–H groups in total. The molecule has 23 heavy (non-hydrogen) atoms. The number of amides is 2. The quantitative estimate of drug-likeness (QED) is 0.816. The molecule has 1 atom stereocenters.